The van der Waals surface area contributed by atoms with Crippen LogP contribution in [0.2, 0.25) is 0 Å². The SMILES string of the molecule is CCC(=O)N[C@@H]1C(=O)NC[C@H]1O. The fourth-order valence-corrected chi connectivity index (χ4v) is 1.04. The number of amides is 2. The number of aliphatic hydroxyl groups excluding tert-OH is 1. The first-order valence-corrected chi connectivity index (χ1v) is 3.90. The Balaban J connectivity index is 2.50. The van der Waals surface area contributed by atoms with Gasteiger partial charge in [-0.15, -0.1) is 0 Å². The Bertz CT molecular complexity index is 205. The van der Waals surface area contributed by atoms with Crippen molar-refractivity contribution in [3.63, 3.8) is 0 Å². The van der Waals surface area contributed by atoms with Crippen molar-refractivity contribution >= 4 is 11.8 Å². The molecule has 0 saturated carbocycles. The smallest absolute Gasteiger partial charge is 0.245 e. The molecule has 1 aliphatic rings. The highest BCUT2D eigenvalue weighted by atomic mass is 16.3. The average molecular weight is 172 g/mol. The van der Waals surface area contributed by atoms with Crippen LogP contribution in [-0.4, -0.2) is 35.6 Å². The summed E-state index contributed by atoms with van der Waals surface area (Å²) in [5.41, 5.74) is 0. The number of hydrogen-bond acceptors (Lipinski definition) is 3. The molecule has 12 heavy (non-hydrogen) atoms. The maximum absolute atomic E-state index is 11.0. The van der Waals surface area contributed by atoms with Crippen LogP contribution in [0, 0.1) is 0 Å². The second-order valence-corrected chi connectivity index (χ2v) is 2.71. The fraction of sp³-hybridized carbons (Fsp3) is 0.714. The van der Waals surface area contributed by atoms with Crippen LogP contribution in [0.25, 0.3) is 0 Å². The minimum absolute atomic E-state index is 0.216. The second kappa shape index (κ2) is 3.53. The molecule has 0 aliphatic carbocycles. The standard InChI is InChI=1S/C7H12N2O3/c1-2-5(11)9-6-4(10)3-8-7(6)12/h4,6,10H,2-3H2,1H3,(H,8,12)(H,9,11)/t4-,6+/m1/s1. The van der Waals surface area contributed by atoms with Crippen LogP contribution in [0.15, 0.2) is 0 Å². The minimum Gasteiger partial charge on any atom is -0.389 e. The van der Waals surface area contributed by atoms with Crippen LogP contribution in [0.3, 0.4) is 0 Å². The van der Waals surface area contributed by atoms with Crippen LogP contribution in [0.4, 0.5) is 0 Å². The third kappa shape index (κ3) is 1.73. The highest BCUT2D eigenvalue weighted by molar-refractivity contribution is 5.89. The predicted molar refractivity (Wildman–Crippen MR) is 41.2 cm³/mol. The molecule has 0 unspecified atom stereocenters. The zero-order valence-corrected chi connectivity index (χ0v) is 6.83. The third-order valence-corrected chi connectivity index (χ3v) is 1.79. The van der Waals surface area contributed by atoms with E-state index >= 15 is 0 Å². The van der Waals surface area contributed by atoms with Crippen molar-refractivity contribution in [1.29, 1.82) is 0 Å². The summed E-state index contributed by atoms with van der Waals surface area (Å²) < 4.78 is 0. The molecule has 68 valence electrons. The zero-order valence-electron chi connectivity index (χ0n) is 6.83. The Kier molecular flexibility index (Phi) is 2.65. The van der Waals surface area contributed by atoms with E-state index in [2.05, 4.69) is 10.6 Å². The number of nitrogens with one attached hydrogen (secondary N) is 2. The van der Waals surface area contributed by atoms with Crippen LogP contribution in [0.1, 0.15) is 13.3 Å². The van der Waals surface area contributed by atoms with E-state index in [4.69, 9.17) is 0 Å². The summed E-state index contributed by atoms with van der Waals surface area (Å²) in [7, 11) is 0. The Morgan fingerprint density at radius 3 is 2.92 bits per heavy atom. The van der Waals surface area contributed by atoms with E-state index in [1.54, 1.807) is 6.92 Å². The highest BCUT2D eigenvalue weighted by Gasteiger charge is 2.33. The van der Waals surface area contributed by atoms with Crippen molar-refractivity contribution in [3.05, 3.63) is 0 Å². The molecular weight excluding hydrogens is 160 g/mol. The summed E-state index contributed by atoms with van der Waals surface area (Å²) in [5, 5.41) is 14.1. The zero-order chi connectivity index (χ0) is 9.14. The number of β-amino-alcohol motifs (C(OH)–C–C–N with tert-alkyl or cyclic N) is 1. The lowest BCUT2D eigenvalue weighted by atomic mass is 10.2. The van der Waals surface area contributed by atoms with Gasteiger partial charge in [0.2, 0.25) is 11.8 Å². The number of carbonyl (C=O) groups is 2. The van der Waals surface area contributed by atoms with Gasteiger partial charge in [-0.3, -0.25) is 9.59 Å². The summed E-state index contributed by atoms with van der Waals surface area (Å²) in [6.45, 7) is 1.90. The summed E-state index contributed by atoms with van der Waals surface area (Å²) in [4.78, 5) is 21.8. The molecule has 1 heterocycles. The molecule has 0 aromatic carbocycles. The molecule has 0 spiro atoms. The molecule has 2 amide bonds. The van der Waals surface area contributed by atoms with Gasteiger partial charge in [-0.1, -0.05) is 6.92 Å². The summed E-state index contributed by atoms with van der Waals surface area (Å²) >= 11 is 0. The maximum Gasteiger partial charge on any atom is 0.245 e. The third-order valence-electron chi connectivity index (χ3n) is 1.79. The lowest BCUT2D eigenvalue weighted by Crippen LogP contribution is -2.45. The van der Waals surface area contributed by atoms with E-state index in [1.165, 1.54) is 0 Å². The van der Waals surface area contributed by atoms with Crippen molar-refractivity contribution in [2.45, 2.75) is 25.5 Å². The van der Waals surface area contributed by atoms with Crippen LogP contribution < -0.4 is 10.6 Å². The topological polar surface area (TPSA) is 78.4 Å². The van der Waals surface area contributed by atoms with Gasteiger partial charge in [0, 0.05) is 13.0 Å². The van der Waals surface area contributed by atoms with E-state index in [0.717, 1.165) is 0 Å². The van der Waals surface area contributed by atoms with Gasteiger partial charge < -0.3 is 15.7 Å². The minimum atomic E-state index is -0.798. The first-order valence-electron chi connectivity index (χ1n) is 3.90. The molecule has 2 atom stereocenters. The molecule has 0 aromatic heterocycles. The lowest BCUT2D eigenvalue weighted by Gasteiger charge is -2.12. The normalized spacial score (nSPS) is 28.3. The van der Waals surface area contributed by atoms with Crippen molar-refractivity contribution in [3.8, 4) is 0 Å². The summed E-state index contributed by atoms with van der Waals surface area (Å²) in [6, 6.07) is -0.766. The maximum atomic E-state index is 11.0. The van der Waals surface area contributed by atoms with Crippen molar-refractivity contribution in [2.75, 3.05) is 6.54 Å². The first-order chi connectivity index (χ1) is 5.65. The lowest BCUT2D eigenvalue weighted by molar-refractivity contribution is -0.128. The molecule has 1 aliphatic heterocycles. The molecule has 0 aromatic rings. The van der Waals surface area contributed by atoms with Gasteiger partial charge in [-0.05, 0) is 0 Å². The van der Waals surface area contributed by atoms with Crippen LogP contribution in [0.5, 0.6) is 0 Å². The van der Waals surface area contributed by atoms with Crippen LogP contribution >= 0.6 is 0 Å². The summed E-state index contributed by atoms with van der Waals surface area (Å²) in [5.74, 6) is -0.541. The Morgan fingerprint density at radius 2 is 2.50 bits per heavy atom. The van der Waals surface area contributed by atoms with Gasteiger partial charge in [-0.2, -0.15) is 0 Å². The second-order valence-electron chi connectivity index (χ2n) is 2.71. The summed E-state index contributed by atoms with van der Waals surface area (Å²) in [6.07, 6.45) is -0.482. The average Bonchev–Trinajstić information content (AvgIpc) is 2.35. The quantitative estimate of drug-likeness (QED) is 0.468. The van der Waals surface area contributed by atoms with Crippen molar-refractivity contribution in [1.82, 2.24) is 10.6 Å². The van der Waals surface area contributed by atoms with Gasteiger partial charge in [0.15, 0.2) is 0 Å². The Labute approximate surface area is 70.1 Å². The van der Waals surface area contributed by atoms with Gasteiger partial charge in [0.05, 0.1) is 0 Å². The van der Waals surface area contributed by atoms with Gasteiger partial charge in [0.1, 0.15) is 12.1 Å². The van der Waals surface area contributed by atoms with E-state index in [9.17, 15) is 14.7 Å². The molecular formula is C7H12N2O3. The molecule has 1 saturated heterocycles. The molecule has 1 fully saturated rings. The monoisotopic (exact) mass is 172 g/mol. The van der Waals surface area contributed by atoms with E-state index in [1.807, 2.05) is 0 Å². The largest absolute Gasteiger partial charge is 0.389 e. The molecule has 5 heteroatoms. The Hall–Kier alpha value is -1.10. The number of hydrogen-bond donors (Lipinski definition) is 3. The van der Waals surface area contributed by atoms with Crippen LogP contribution in [-0.2, 0) is 9.59 Å². The first kappa shape index (κ1) is 8.99. The molecule has 5 nitrogen and oxygen atoms in total. The van der Waals surface area contributed by atoms with Crippen molar-refractivity contribution < 1.29 is 14.7 Å². The highest BCUT2D eigenvalue weighted by Crippen LogP contribution is 2.00. The Morgan fingerprint density at radius 1 is 1.83 bits per heavy atom. The number of aliphatic hydroxyl groups is 1. The predicted octanol–water partition coefficient (Wildman–Crippen LogP) is -1.63. The molecule has 0 bridgehead atoms. The number of rotatable bonds is 2. The van der Waals surface area contributed by atoms with Crippen molar-refractivity contribution in [2.24, 2.45) is 0 Å². The van der Waals surface area contributed by atoms with E-state index in [-0.39, 0.29) is 18.4 Å². The molecule has 1 rings (SSSR count). The van der Waals surface area contributed by atoms with E-state index in [0.29, 0.717) is 6.42 Å². The molecule has 0 radical (unpaired) electrons. The van der Waals surface area contributed by atoms with E-state index < -0.39 is 12.1 Å². The number of carbonyl (C=O) groups excluding carboxylic acids is 2. The van der Waals surface area contributed by atoms with Gasteiger partial charge in [0.25, 0.3) is 0 Å². The molecule has 3 N–H and O–H groups in total. The fourth-order valence-electron chi connectivity index (χ4n) is 1.04. The van der Waals surface area contributed by atoms with Gasteiger partial charge >= 0.3 is 0 Å². The van der Waals surface area contributed by atoms with Gasteiger partial charge in [-0.25, -0.2) is 0 Å².